The third-order valence-electron chi connectivity index (χ3n) is 5.58. The van der Waals surface area contributed by atoms with E-state index < -0.39 is 0 Å². The molecule has 0 spiro atoms. The Morgan fingerprint density at radius 2 is 2.03 bits per heavy atom. The van der Waals surface area contributed by atoms with Crippen LogP contribution in [0.4, 0.5) is 11.5 Å². The summed E-state index contributed by atoms with van der Waals surface area (Å²) in [5.74, 6) is 2.44. The number of para-hydroxylation sites is 1. The smallest absolute Gasteiger partial charge is 0.254 e. The average Bonchev–Trinajstić information content (AvgIpc) is 3.27. The molecule has 2 aromatic heterocycles. The second kappa shape index (κ2) is 9.20. The number of carbonyl (C=O) groups is 1. The van der Waals surface area contributed by atoms with E-state index in [1.165, 1.54) is 6.33 Å². The molecule has 0 radical (unpaired) electrons. The lowest BCUT2D eigenvalue weighted by atomic mass is 9.97. The van der Waals surface area contributed by atoms with Gasteiger partial charge in [-0.2, -0.15) is 14.6 Å². The Bertz CT molecular complexity index is 1040. The number of fused-ring (bicyclic) bond motifs is 1. The molecule has 0 unspecified atom stereocenters. The van der Waals surface area contributed by atoms with Gasteiger partial charge in [0, 0.05) is 24.8 Å². The predicted octanol–water partition coefficient (Wildman–Crippen LogP) is 2.95. The van der Waals surface area contributed by atoms with E-state index in [4.69, 9.17) is 9.47 Å². The maximum Gasteiger partial charge on any atom is 0.254 e. The van der Waals surface area contributed by atoms with Gasteiger partial charge in [0.05, 0.1) is 20.1 Å². The van der Waals surface area contributed by atoms with Crippen LogP contribution >= 0.6 is 0 Å². The van der Waals surface area contributed by atoms with E-state index in [2.05, 4.69) is 38.3 Å². The number of rotatable bonds is 7. The molecule has 1 N–H and O–H groups in total. The van der Waals surface area contributed by atoms with Crippen LogP contribution in [0.25, 0.3) is 5.78 Å². The van der Waals surface area contributed by atoms with E-state index in [1.807, 2.05) is 6.07 Å². The highest BCUT2D eigenvalue weighted by Crippen LogP contribution is 2.35. The maximum absolute atomic E-state index is 13.2. The highest BCUT2D eigenvalue weighted by molar-refractivity contribution is 5.96. The Labute approximate surface area is 181 Å². The summed E-state index contributed by atoms with van der Waals surface area (Å²) >= 11 is 0. The van der Waals surface area contributed by atoms with Gasteiger partial charge in [-0.25, -0.2) is 4.98 Å². The van der Waals surface area contributed by atoms with Crippen molar-refractivity contribution in [3.63, 3.8) is 0 Å². The quantitative estimate of drug-likeness (QED) is 0.623. The summed E-state index contributed by atoms with van der Waals surface area (Å²) in [5, 5.41) is 7.37. The molecule has 1 amide bonds. The monoisotopic (exact) mass is 424 g/mol. The van der Waals surface area contributed by atoms with Crippen LogP contribution in [0.5, 0.6) is 11.5 Å². The zero-order valence-electron chi connectivity index (χ0n) is 18.2. The van der Waals surface area contributed by atoms with Crippen LogP contribution in [0.3, 0.4) is 0 Å². The first-order valence-corrected chi connectivity index (χ1v) is 10.6. The first-order valence-electron chi connectivity index (χ1n) is 10.6. The maximum atomic E-state index is 13.2. The largest absolute Gasteiger partial charge is 0.494 e. The molecular formula is C22H28N6O3. The topological polar surface area (TPSA) is 93.9 Å². The van der Waals surface area contributed by atoms with Gasteiger partial charge in [-0.3, -0.25) is 4.79 Å². The number of benzene rings is 1. The van der Waals surface area contributed by atoms with Crippen LogP contribution in [0, 0.1) is 5.92 Å². The molecule has 0 saturated carbocycles. The van der Waals surface area contributed by atoms with Crippen LogP contribution < -0.4 is 19.7 Å². The average molecular weight is 425 g/mol. The van der Waals surface area contributed by atoms with E-state index in [0.717, 1.165) is 43.7 Å². The minimum absolute atomic E-state index is 0.0508. The number of hydrogen-bond acceptors (Lipinski definition) is 7. The number of anilines is 2. The molecule has 0 aliphatic carbocycles. The number of ether oxygens (including phenoxy) is 2. The lowest BCUT2D eigenvalue weighted by molar-refractivity contribution is -0.120. The van der Waals surface area contributed by atoms with Crippen molar-refractivity contribution in [1.82, 2.24) is 19.6 Å². The summed E-state index contributed by atoms with van der Waals surface area (Å²) in [7, 11) is 3.15. The van der Waals surface area contributed by atoms with E-state index in [0.29, 0.717) is 29.5 Å². The van der Waals surface area contributed by atoms with Gasteiger partial charge in [-0.05, 0) is 31.4 Å². The zero-order chi connectivity index (χ0) is 21.8. The van der Waals surface area contributed by atoms with Crippen molar-refractivity contribution in [1.29, 1.82) is 0 Å². The number of aryl methyl sites for hydroxylation is 1. The molecule has 0 bridgehead atoms. The molecule has 3 aromatic rings. The van der Waals surface area contributed by atoms with Gasteiger partial charge in [-0.15, -0.1) is 0 Å². The van der Waals surface area contributed by atoms with Crippen molar-refractivity contribution in [3.05, 3.63) is 36.3 Å². The van der Waals surface area contributed by atoms with E-state index in [9.17, 15) is 4.79 Å². The standard InChI is InChI=1S/C22H28N6O3/c1-4-7-16-12-19(28-22(25-16)23-14-24-28)27-11-6-8-15(13-27)21(29)26-20-17(30-2)9-5-10-18(20)31-3/h5,9-10,12,14-15H,4,6-8,11,13H2,1-3H3,(H,26,29)/t15-/m1/s1. The molecule has 31 heavy (non-hydrogen) atoms. The van der Waals surface area contributed by atoms with Gasteiger partial charge in [0.1, 0.15) is 29.3 Å². The van der Waals surface area contributed by atoms with Crippen molar-refractivity contribution in [3.8, 4) is 11.5 Å². The molecule has 1 saturated heterocycles. The van der Waals surface area contributed by atoms with E-state index in [1.54, 1.807) is 30.9 Å². The Hall–Kier alpha value is -3.36. The SMILES string of the molecule is CCCc1cc(N2CCC[C@@H](C(=O)Nc3c(OC)cccc3OC)C2)n2ncnc2n1. The van der Waals surface area contributed by atoms with Gasteiger partial charge in [-0.1, -0.05) is 19.4 Å². The van der Waals surface area contributed by atoms with Crippen molar-refractivity contribution in [2.45, 2.75) is 32.6 Å². The Kier molecular flexibility index (Phi) is 6.20. The van der Waals surface area contributed by atoms with Gasteiger partial charge in [0.25, 0.3) is 5.78 Å². The Morgan fingerprint density at radius 1 is 1.26 bits per heavy atom. The summed E-state index contributed by atoms with van der Waals surface area (Å²) in [6.07, 6.45) is 5.11. The number of hydrogen-bond donors (Lipinski definition) is 1. The normalized spacial score (nSPS) is 16.4. The number of piperidine rings is 1. The fourth-order valence-corrected chi connectivity index (χ4v) is 4.05. The second-order valence-corrected chi connectivity index (χ2v) is 7.64. The molecule has 9 heteroatoms. The molecule has 1 aliphatic heterocycles. The number of carbonyl (C=O) groups excluding carboxylic acids is 1. The first kappa shape index (κ1) is 20.9. The molecule has 164 valence electrons. The Morgan fingerprint density at radius 3 is 2.74 bits per heavy atom. The lowest BCUT2D eigenvalue weighted by Crippen LogP contribution is -2.41. The summed E-state index contributed by atoms with van der Waals surface area (Å²) in [6.45, 7) is 3.57. The molecule has 9 nitrogen and oxygen atoms in total. The van der Waals surface area contributed by atoms with Crippen LogP contribution in [0.2, 0.25) is 0 Å². The first-order chi connectivity index (χ1) is 15.1. The summed E-state index contributed by atoms with van der Waals surface area (Å²) in [5.41, 5.74) is 1.55. The number of nitrogens with zero attached hydrogens (tertiary/aromatic N) is 5. The summed E-state index contributed by atoms with van der Waals surface area (Å²) in [4.78, 5) is 24.2. The van der Waals surface area contributed by atoms with Crippen molar-refractivity contribution in [2.75, 3.05) is 37.5 Å². The van der Waals surface area contributed by atoms with E-state index >= 15 is 0 Å². The molecule has 1 atom stereocenters. The van der Waals surface area contributed by atoms with Gasteiger partial charge in [0.15, 0.2) is 0 Å². The van der Waals surface area contributed by atoms with Crippen molar-refractivity contribution in [2.24, 2.45) is 5.92 Å². The molecule has 4 rings (SSSR count). The minimum Gasteiger partial charge on any atom is -0.494 e. The fourth-order valence-electron chi connectivity index (χ4n) is 4.05. The van der Waals surface area contributed by atoms with Crippen LogP contribution in [-0.4, -0.2) is 52.8 Å². The number of aromatic nitrogens is 4. The van der Waals surface area contributed by atoms with Gasteiger partial charge in [0.2, 0.25) is 5.91 Å². The Balaban J connectivity index is 1.57. The highest BCUT2D eigenvalue weighted by Gasteiger charge is 2.29. The second-order valence-electron chi connectivity index (χ2n) is 7.64. The molecule has 1 aromatic carbocycles. The van der Waals surface area contributed by atoms with Gasteiger partial charge < -0.3 is 19.7 Å². The van der Waals surface area contributed by atoms with Crippen LogP contribution in [0.1, 0.15) is 31.9 Å². The van der Waals surface area contributed by atoms with Crippen LogP contribution in [0.15, 0.2) is 30.6 Å². The van der Waals surface area contributed by atoms with Crippen LogP contribution in [-0.2, 0) is 11.2 Å². The minimum atomic E-state index is -0.176. The molecular weight excluding hydrogens is 396 g/mol. The lowest BCUT2D eigenvalue weighted by Gasteiger charge is -2.33. The predicted molar refractivity (Wildman–Crippen MR) is 118 cm³/mol. The molecule has 1 aliphatic rings. The number of methoxy groups -OCH3 is 2. The third-order valence-corrected chi connectivity index (χ3v) is 5.58. The molecule has 3 heterocycles. The van der Waals surface area contributed by atoms with Crippen molar-refractivity contribution >= 4 is 23.2 Å². The zero-order valence-corrected chi connectivity index (χ0v) is 18.2. The molecule has 1 fully saturated rings. The third kappa shape index (κ3) is 4.26. The van der Waals surface area contributed by atoms with E-state index in [-0.39, 0.29) is 11.8 Å². The number of amides is 1. The highest BCUT2D eigenvalue weighted by atomic mass is 16.5. The number of nitrogens with one attached hydrogen (secondary N) is 1. The summed E-state index contributed by atoms with van der Waals surface area (Å²) < 4.78 is 12.6. The van der Waals surface area contributed by atoms with Crippen molar-refractivity contribution < 1.29 is 14.3 Å². The van der Waals surface area contributed by atoms with Gasteiger partial charge >= 0.3 is 0 Å². The summed E-state index contributed by atoms with van der Waals surface area (Å²) in [6, 6.07) is 7.50. The fraction of sp³-hybridized carbons (Fsp3) is 0.455.